The van der Waals surface area contributed by atoms with E-state index in [-0.39, 0.29) is 0 Å². The fourth-order valence-electron chi connectivity index (χ4n) is 1.38. The number of aryl methyl sites for hydroxylation is 1. The Balaban J connectivity index is 2.49. The maximum Gasteiger partial charge on any atom is 0.143 e. The monoisotopic (exact) mass is 193 g/mol. The fourth-order valence-corrected chi connectivity index (χ4v) is 1.54. The van der Waals surface area contributed by atoms with Gasteiger partial charge in [-0.15, -0.1) is 0 Å². The molecular weight excluding hydrogens is 182 g/mol. The second-order valence-corrected chi connectivity index (χ2v) is 3.68. The number of thiocarbonyl (C=S) groups is 1. The summed E-state index contributed by atoms with van der Waals surface area (Å²) in [6.45, 7) is 2.57. The van der Waals surface area contributed by atoms with Gasteiger partial charge in [0, 0.05) is 7.05 Å². The summed E-state index contributed by atoms with van der Waals surface area (Å²) in [5, 5.41) is 0. The highest BCUT2D eigenvalue weighted by Gasteiger charge is 2.18. The second kappa shape index (κ2) is 3.00. The third-order valence-corrected chi connectivity index (χ3v) is 2.59. The molecule has 0 unspecified atom stereocenters. The van der Waals surface area contributed by atoms with Gasteiger partial charge in [-0.05, 0) is 24.6 Å². The summed E-state index contributed by atoms with van der Waals surface area (Å²) in [5.41, 5.74) is 2.27. The van der Waals surface area contributed by atoms with Gasteiger partial charge in [0.05, 0.1) is 5.69 Å². The van der Waals surface area contributed by atoms with Gasteiger partial charge in [0.25, 0.3) is 0 Å². The predicted octanol–water partition coefficient (Wildman–Crippen LogP) is 2.15. The summed E-state index contributed by atoms with van der Waals surface area (Å²) < 4.78 is 5.50. The van der Waals surface area contributed by atoms with E-state index in [4.69, 9.17) is 17.0 Å². The van der Waals surface area contributed by atoms with Crippen molar-refractivity contribution in [2.45, 2.75) is 6.92 Å². The zero-order valence-corrected chi connectivity index (χ0v) is 8.52. The summed E-state index contributed by atoms with van der Waals surface area (Å²) in [4.78, 5) is 2.82. The molecule has 3 heteroatoms. The van der Waals surface area contributed by atoms with Crippen molar-refractivity contribution in [3.05, 3.63) is 23.8 Å². The summed E-state index contributed by atoms with van der Waals surface area (Å²) in [7, 11) is 1.97. The Morgan fingerprint density at radius 2 is 2.23 bits per heavy atom. The first-order chi connectivity index (χ1) is 6.18. The zero-order valence-electron chi connectivity index (χ0n) is 7.70. The minimum atomic E-state index is 0.516. The molecule has 68 valence electrons. The van der Waals surface area contributed by atoms with Gasteiger partial charge in [-0.25, -0.2) is 0 Å². The van der Waals surface area contributed by atoms with Gasteiger partial charge in [0.2, 0.25) is 0 Å². The lowest BCUT2D eigenvalue weighted by Gasteiger charge is -2.28. The molecule has 0 saturated heterocycles. The molecule has 0 radical (unpaired) electrons. The number of benzene rings is 1. The smallest absolute Gasteiger partial charge is 0.143 e. The molecule has 1 aromatic carbocycles. The first-order valence-corrected chi connectivity index (χ1v) is 4.59. The maximum absolute atomic E-state index is 5.50. The molecule has 1 aromatic rings. The Morgan fingerprint density at radius 1 is 1.46 bits per heavy atom. The van der Waals surface area contributed by atoms with Crippen LogP contribution in [0.15, 0.2) is 18.2 Å². The Bertz CT molecular complexity index is 362. The van der Waals surface area contributed by atoms with Crippen LogP contribution >= 0.6 is 12.2 Å². The van der Waals surface area contributed by atoms with E-state index in [0.29, 0.717) is 6.61 Å². The molecule has 1 aliphatic heterocycles. The van der Waals surface area contributed by atoms with Gasteiger partial charge in [-0.2, -0.15) is 0 Å². The zero-order chi connectivity index (χ0) is 9.42. The molecule has 13 heavy (non-hydrogen) atoms. The van der Waals surface area contributed by atoms with Gasteiger partial charge in [0.15, 0.2) is 0 Å². The fraction of sp³-hybridized carbons (Fsp3) is 0.300. The van der Waals surface area contributed by atoms with Crippen LogP contribution in [0.2, 0.25) is 0 Å². The highest BCUT2D eigenvalue weighted by molar-refractivity contribution is 7.80. The van der Waals surface area contributed by atoms with Gasteiger partial charge >= 0.3 is 0 Å². The summed E-state index contributed by atoms with van der Waals surface area (Å²) in [5.74, 6) is 0.927. The van der Waals surface area contributed by atoms with Crippen LogP contribution in [0.5, 0.6) is 5.75 Å². The summed E-state index contributed by atoms with van der Waals surface area (Å²) >= 11 is 5.14. The average molecular weight is 193 g/mol. The van der Waals surface area contributed by atoms with Crippen LogP contribution < -0.4 is 9.64 Å². The first kappa shape index (κ1) is 8.51. The molecule has 0 atom stereocenters. The van der Waals surface area contributed by atoms with E-state index >= 15 is 0 Å². The van der Waals surface area contributed by atoms with Crippen LogP contribution in [0.3, 0.4) is 0 Å². The number of likely N-dealkylation sites (N-methyl/N-ethyl adjacent to an activating group) is 1. The highest BCUT2D eigenvalue weighted by atomic mass is 32.1. The van der Waals surface area contributed by atoms with Crippen molar-refractivity contribution in [1.82, 2.24) is 0 Å². The van der Waals surface area contributed by atoms with Crippen LogP contribution in [0.4, 0.5) is 5.69 Å². The molecular formula is C10H11NOS. The Hall–Kier alpha value is -1.09. The highest BCUT2D eigenvalue weighted by Crippen LogP contribution is 2.31. The Morgan fingerprint density at radius 3 is 3.00 bits per heavy atom. The number of hydrogen-bond acceptors (Lipinski definition) is 2. The average Bonchev–Trinajstić information content (AvgIpc) is 2.12. The largest absolute Gasteiger partial charge is 0.484 e. The van der Waals surface area contributed by atoms with Crippen molar-refractivity contribution >= 4 is 22.9 Å². The molecule has 0 fully saturated rings. The number of anilines is 1. The molecule has 2 rings (SSSR count). The predicted molar refractivity (Wildman–Crippen MR) is 57.7 cm³/mol. The normalized spacial score (nSPS) is 15.2. The van der Waals surface area contributed by atoms with E-state index in [9.17, 15) is 0 Å². The van der Waals surface area contributed by atoms with Crippen molar-refractivity contribution in [2.75, 3.05) is 18.6 Å². The lowest BCUT2D eigenvalue weighted by atomic mass is 10.2. The topological polar surface area (TPSA) is 12.5 Å². The van der Waals surface area contributed by atoms with Crippen LogP contribution in [0.1, 0.15) is 5.56 Å². The molecule has 1 aliphatic rings. The van der Waals surface area contributed by atoms with Gasteiger partial charge in [-0.3, -0.25) is 0 Å². The van der Waals surface area contributed by atoms with Crippen molar-refractivity contribution in [2.24, 2.45) is 0 Å². The van der Waals surface area contributed by atoms with Gasteiger partial charge in [-0.1, -0.05) is 18.3 Å². The third kappa shape index (κ3) is 1.40. The van der Waals surface area contributed by atoms with Crippen LogP contribution in [-0.4, -0.2) is 18.6 Å². The van der Waals surface area contributed by atoms with E-state index in [1.54, 1.807) is 0 Å². The van der Waals surface area contributed by atoms with E-state index < -0.39 is 0 Å². The second-order valence-electron chi connectivity index (χ2n) is 3.21. The van der Waals surface area contributed by atoms with Crippen molar-refractivity contribution in [3.8, 4) is 5.75 Å². The van der Waals surface area contributed by atoms with Crippen LogP contribution in [0, 0.1) is 6.92 Å². The molecule has 2 nitrogen and oxygen atoms in total. The molecule has 0 N–H and O–H groups in total. The summed E-state index contributed by atoms with van der Waals surface area (Å²) in [6.07, 6.45) is 0. The van der Waals surface area contributed by atoms with Crippen molar-refractivity contribution in [3.63, 3.8) is 0 Å². The van der Waals surface area contributed by atoms with E-state index in [1.165, 1.54) is 5.56 Å². The molecule has 0 spiro atoms. The lowest BCUT2D eigenvalue weighted by Crippen LogP contribution is -2.33. The van der Waals surface area contributed by atoms with Crippen molar-refractivity contribution < 1.29 is 4.74 Å². The van der Waals surface area contributed by atoms with E-state index in [0.717, 1.165) is 16.4 Å². The minimum absolute atomic E-state index is 0.516. The Kier molecular flexibility index (Phi) is 1.96. The Labute approximate surface area is 83.1 Å². The quantitative estimate of drug-likeness (QED) is 0.586. The maximum atomic E-state index is 5.50. The number of fused-ring (bicyclic) bond motifs is 1. The number of ether oxygens (including phenoxy) is 1. The van der Waals surface area contributed by atoms with Gasteiger partial charge < -0.3 is 9.64 Å². The summed E-state index contributed by atoms with van der Waals surface area (Å²) in [6, 6.07) is 6.14. The van der Waals surface area contributed by atoms with E-state index in [1.807, 2.05) is 24.1 Å². The first-order valence-electron chi connectivity index (χ1n) is 4.18. The van der Waals surface area contributed by atoms with Gasteiger partial charge in [0.1, 0.15) is 17.3 Å². The standard InChI is InChI=1S/C10H11NOS/c1-7-3-4-8-9(5-7)12-6-10(13)11(8)2/h3-5H,6H2,1-2H3. The number of hydrogen-bond donors (Lipinski definition) is 0. The van der Waals surface area contributed by atoms with Crippen LogP contribution in [-0.2, 0) is 0 Å². The number of rotatable bonds is 0. The van der Waals surface area contributed by atoms with Crippen LogP contribution in [0.25, 0.3) is 0 Å². The SMILES string of the molecule is Cc1ccc2c(c1)OCC(=S)N2C. The molecule has 0 aliphatic carbocycles. The molecule has 1 heterocycles. The lowest BCUT2D eigenvalue weighted by molar-refractivity contribution is 0.370. The third-order valence-electron chi connectivity index (χ3n) is 2.20. The molecule has 0 amide bonds. The molecule has 0 bridgehead atoms. The molecule has 0 aromatic heterocycles. The van der Waals surface area contributed by atoms with E-state index in [2.05, 4.69) is 13.0 Å². The molecule has 0 saturated carbocycles. The van der Waals surface area contributed by atoms with Crippen molar-refractivity contribution in [1.29, 1.82) is 0 Å². The minimum Gasteiger partial charge on any atom is -0.484 e. The number of nitrogens with zero attached hydrogens (tertiary/aromatic N) is 1.